The minimum Gasteiger partial charge on any atom is -0.388 e. The van der Waals surface area contributed by atoms with Gasteiger partial charge in [0.2, 0.25) is 0 Å². The van der Waals surface area contributed by atoms with Gasteiger partial charge in [-0.1, -0.05) is 13.3 Å². The SMILES string of the molecule is CCCC(C)(O)CNc1ccncc1Br. The Morgan fingerprint density at radius 2 is 2.33 bits per heavy atom. The first kappa shape index (κ1) is 12.5. The molecule has 4 heteroatoms. The van der Waals surface area contributed by atoms with E-state index in [2.05, 4.69) is 33.2 Å². The molecule has 15 heavy (non-hydrogen) atoms. The third-order valence-electron chi connectivity index (χ3n) is 2.22. The Labute approximate surface area is 99.1 Å². The second-order valence-electron chi connectivity index (χ2n) is 3.96. The number of nitrogens with one attached hydrogen (secondary N) is 1. The zero-order chi connectivity index (χ0) is 11.3. The molecular weight excluding hydrogens is 256 g/mol. The van der Waals surface area contributed by atoms with E-state index in [9.17, 15) is 5.11 Å². The van der Waals surface area contributed by atoms with Crippen molar-refractivity contribution in [2.45, 2.75) is 32.3 Å². The maximum absolute atomic E-state index is 9.97. The van der Waals surface area contributed by atoms with Crippen LogP contribution in [0.15, 0.2) is 22.9 Å². The third-order valence-corrected chi connectivity index (χ3v) is 2.85. The van der Waals surface area contributed by atoms with Gasteiger partial charge in [-0.05, 0) is 35.3 Å². The number of nitrogens with zero attached hydrogens (tertiary/aromatic N) is 1. The predicted octanol–water partition coefficient (Wildman–Crippen LogP) is 2.81. The molecule has 0 fully saturated rings. The Balaban J connectivity index is 2.53. The number of anilines is 1. The number of hydrogen-bond donors (Lipinski definition) is 2. The molecule has 3 nitrogen and oxygen atoms in total. The van der Waals surface area contributed by atoms with Crippen molar-refractivity contribution in [3.8, 4) is 0 Å². The van der Waals surface area contributed by atoms with Gasteiger partial charge in [0.05, 0.1) is 15.8 Å². The first-order valence-electron chi connectivity index (χ1n) is 5.11. The van der Waals surface area contributed by atoms with E-state index in [1.807, 2.05) is 13.0 Å². The summed E-state index contributed by atoms with van der Waals surface area (Å²) in [5.74, 6) is 0. The van der Waals surface area contributed by atoms with E-state index >= 15 is 0 Å². The van der Waals surface area contributed by atoms with E-state index in [1.54, 1.807) is 12.4 Å². The summed E-state index contributed by atoms with van der Waals surface area (Å²) in [7, 11) is 0. The molecule has 1 aromatic heterocycles. The van der Waals surface area contributed by atoms with Crippen LogP contribution in [0.5, 0.6) is 0 Å². The predicted molar refractivity (Wildman–Crippen MR) is 66.0 cm³/mol. The van der Waals surface area contributed by atoms with Gasteiger partial charge in [-0.25, -0.2) is 0 Å². The molecule has 0 aliphatic rings. The van der Waals surface area contributed by atoms with Crippen LogP contribution in [0.1, 0.15) is 26.7 Å². The zero-order valence-electron chi connectivity index (χ0n) is 9.13. The molecule has 0 aliphatic heterocycles. The maximum Gasteiger partial charge on any atom is 0.0791 e. The molecule has 1 heterocycles. The summed E-state index contributed by atoms with van der Waals surface area (Å²) in [5.41, 5.74) is 0.304. The monoisotopic (exact) mass is 272 g/mol. The number of aromatic nitrogens is 1. The van der Waals surface area contributed by atoms with E-state index in [-0.39, 0.29) is 0 Å². The van der Waals surface area contributed by atoms with Gasteiger partial charge in [0, 0.05) is 18.9 Å². The molecule has 0 aliphatic carbocycles. The molecule has 1 unspecified atom stereocenters. The largest absolute Gasteiger partial charge is 0.388 e. The summed E-state index contributed by atoms with van der Waals surface area (Å²) in [6, 6.07) is 1.88. The van der Waals surface area contributed by atoms with Gasteiger partial charge < -0.3 is 10.4 Å². The van der Waals surface area contributed by atoms with Crippen molar-refractivity contribution in [2.24, 2.45) is 0 Å². The Morgan fingerprint density at radius 1 is 1.60 bits per heavy atom. The van der Waals surface area contributed by atoms with Crippen molar-refractivity contribution < 1.29 is 5.11 Å². The summed E-state index contributed by atoms with van der Waals surface area (Å²) in [6.45, 7) is 4.46. The molecule has 0 spiro atoms. The van der Waals surface area contributed by atoms with E-state index in [4.69, 9.17) is 0 Å². The van der Waals surface area contributed by atoms with Crippen LogP contribution in [-0.4, -0.2) is 22.2 Å². The summed E-state index contributed by atoms with van der Waals surface area (Å²) < 4.78 is 0.914. The minimum atomic E-state index is -0.655. The lowest BCUT2D eigenvalue weighted by Gasteiger charge is -2.23. The van der Waals surface area contributed by atoms with Crippen LogP contribution in [0.25, 0.3) is 0 Å². The topological polar surface area (TPSA) is 45.1 Å². The average Bonchev–Trinajstić information content (AvgIpc) is 2.16. The molecule has 84 valence electrons. The highest BCUT2D eigenvalue weighted by Gasteiger charge is 2.18. The third kappa shape index (κ3) is 4.18. The first-order chi connectivity index (χ1) is 7.05. The second kappa shape index (κ2) is 5.47. The highest BCUT2D eigenvalue weighted by atomic mass is 79.9. The molecule has 0 amide bonds. The van der Waals surface area contributed by atoms with Crippen LogP contribution in [0, 0.1) is 0 Å². The van der Waals surface area contributed by atoms with Gasteiger partial charge in [-0.3, -0.25) is 4.98 Å². The molecule has 1 rings (SSSR count). The zero-order valence-corrected chi connectivity index (χ0v) is 10.7. The van der Waals surface area contributed by atoms with E-state index in [0.29, 0.717) is 6.54 Å². The lowest BCUT2D eigenvalue weighted by Crippen LogP contribution is -2.33. The van der Waals surface area contributed by atoms with Gasteiger partial charge in [0.25, 0.3) is 0 Å². The highest BCUT2D eigenvalue weighted by molar-refractivity contribution is 9.10. The standard InChI is InChI=1S/C11H17BrN2O/c1-3-5-11(2,15)8-14-10-4-6-13-7-9(10)12/h4,6-7,15H,3,5,8H2,1-2H3,(H,13,14). The molecule has 0 saturated carbocycles. The summed E-state index contributed by atoms with van der Waals surface area (Å²) in [4.78, 5) is 3.98. The van der Waals surface area contributed by atoms with Gasteiger partial charge in [0.15, 0.2) is 0 Å². The summed E-state index contributed by atoms with van der Waals surface area (Å²) in [6.07, 6.45) is 5.23. The van der Waals surface area contributed by atoms with Crippen molar-refractivity contribution in [3.63, 3.8) is 0 Å². The van der Waals surface area contributed by atoms with Gasteiger partial charge in [-0.15, -0.1) is 0 Å². The Hall–Kier alpha value is -0.610. The molecule has 0 saturated heterocycles. The molecule has 1 atom stereocenters. The average molecular weight is 273 g/mol. The van der Waals surface area contributed by atoms with Crippen LogP contribution < -0.4 is 5.32 Å². The fourth-order valence-corrected chi connectivity index (χ4v) is 1.82. The van der Waals surface area contributed by atoms with Crippen molar-refractivity contribution in [1.82, 2.24) is 4.98 Å². The maximum atomic E-state index is 9.97. The van der Waals surface area contributed by atoms with Crippen molar-refractivity contribution in [3.05, 3.63) is 22.9 Å². The smallest absolute Gasteiger partial charge is 0.0791 e. The van der Waals surface area contributed by atoms with Crippen molar-refractivity contribution in [1.29, 1.82) is 0 Å². The Kier molecular flexibility index (Phi) is 4.54. The van der Waals surface area contributed by atoms with Crippen LogP contribution >= 0.6 is 15.9 Å². The first-order valence-corrected chi connectivity index (χ1v) is 5.90. The van der Waals surface area contributed by atoms with E-state index in [1.165, 1.54) is 0 Å². The number of halogens is 1. The molecule has 1 aromatic rings. The van der Waals surface area contributed by atoms with E-state index in [0.717, 1.165) is 23.0 Å². The molecule has 0 aromatic carbocycles. The van der Waals surface area contributed by atoms with Crippen molar-refractivity contribution >= 4 is 21.6 Å². The lowest BCUT2D eigenvalue weighted by molar-refractivity contribution is 0.0637. The number of hydrogen-bond acceptors (Lipinski definition) is 3. The second-order valence-corrected chi connectivity index (χ2v) is 4.81. The summed E-state index contributed by atoms with van der Waals surface area (Å²) >= 11 is 3.40. The molecule has 0 bridgehead atoms. The van der Waals surface area contributed by atoms with Crippen LogP contribution in [0.2, 0.25) is 0 Å². The summed E-state index contributed by atoms with van der Waals surface area (Å²) in [5, 5.41) is 13.2. The number of pyridine rings is 1. The van der Waals surface area contributed by atoms with Gasteiger partial charge in [0.1, 0.15) is 0 Å². The molecule has 0 radical (unpaired) electrons. The normalized spacial score (nSPS) is 14.7. The lowest BCUT2D eigenvalue weighted by atomic mass is 10.0. The number of rotatable bonds is 5. The molecular formula is C11H17BrN2O. The van der Waals surface area contributed by atoms with Crippen LogP contribution in [0.4, 0.5) is 5.69 Å². The number of aliphatic hydroxyl groups is 1. The molecule has 2 N–H and O–H groups in total. The van der Waals surface area contributed by atoms with Gasteiger partial charge in [-0.2, -0.15) is 0 Å². The quantitative estimate of drug-likeness (QED) is 0.867. The Bertz CT molecular complexity index is 315. The fourth-order valence-electron chi connectivity index (χ4n) is 1.43. The van der Waals surface area contributed by atoms with Crippen LogP contribution in [-0.2, 0) is 0 Å². The highest BCUT2D eigenvalue weighted by Crippen LogP contribution is 2.21. The van der Waals surface area contributed by atoms with Gasteiger partial charge >= 0.3 is 0 Å². The van der Waals surface area contributed by atoms with E-state index < -0.39 is 5.60 Å². The minimum absolute atomic E-state index is 0.545. The Morgan fingerprint density at radius 3 is 2.93 bits per heavy atom. The van der Waals surface area contributed by atoms with Crippen LogP contribution in [0.3, 0.4) is 0 Å². The van der Waals surface area contributed by atoms with Crippen molar-refractivity contribution in [2.75, 3.05) is 11.9 Å². The fraction of sp³-hybridized carbons (Fsp3) is 0.545.